The molecule has 3 amide bonds. The van der Waals surface area contributed by atoms with Crippen LogP contribution in [0.1, 0.15) is 34.1 Å². The van der Waals surface area contributed by atoms with E-state index in [1.54, 1.807) is 31.2 Å². The largest absolute Gasteiger partial charge is 0.354 e. The summed E-state index contributed by atoms with van der Waals surface area (Å²) in [6.07, 6.45) is 0.400. The Hall–Kier alpha value is -3.22. The molecule has 6 nitrogen and oxygen atoms in total. The fourth-order valence-corrected chi connectivity index (χ4v) is 2.14. The third-order valence-electron chi connectivity index (χ3n) is 3.55. The third kappa shape index (κ3) is 5.70. The Kier molecular flexibility index (Phi) is 6.84. The van der Waals surface area contributed by atoms with E-state index < -0.39 is 11.7 Å². The fraction of sp³-hybridized carbons (Fsp3) is 0.211. The molecule has 0 saturated carbocycles. The van der Waals surface area contributed by atoms with Crippen molar-refractivity contribution < 1.29 is 18.8 Å². The molecule has 26 heavy (non-hydrogen) atoms. The zero-order valence-electron chi connectivity index (χ0n) is 14.3. The molecular weight excluding hydrogens is 337 g/mol. The monoisotopic (exact) mass is 357 g/mol. The molecule has 0 saturated heterocycles. The smallest absolute Gasteiger partial charge is 0.255 e. The van der Waals surface area contributed by atoms with Gasteiger partial charge < -0.3 is 16.0 Å². The van der Waals surface area contributed by atoms with Crippen LogP contribution in [0.5, 0.6) is 0 Å². The summed E-state index contributed by atoms with van der Waals surface area (Å²) in [7, 11) is 0. The summed E-state index contributed by atoms with van der Waals surface area (Å²) in [5, 5.41) is 7.99. The van der Waals surface area contributed by atoms with Crippen LogP contribution in [-0.2, 0) is 4.79 Å². The highest BCUT2D eigenvalue weighted by Gasteiger charge is 2.09. The Morgan fingerprint density at radius 1 is 0.885 bits per heavy atom. The topological polar surface area (TPSA) is 87.3 Å². The van der Waals surface area contributed by atoms with Crippen molar-refractivity contribution >= 4 is 23.4 Å². The Balaban J connectivity index is 1.86. The van der Waals surface area contributed by atoms with E-state index >= 15 is 0 Å². The number of amides is 3. The second-order valence-corrected chi connectivity index (χ2v) is 5.50. The molecular formula is C19H20FN3O3. The molecule has 0 bridgehead atoms. The molecule has 2 aromatic carbocycles. The molecule has 2 aromatic rings. The van der Waals surface area contributed by atoms with E-state index in [1.807, 2.05) is 0 Å². The van der Waals surface area contributed by atoms with Crippen molar-refractivity contribution in [3.63, 3.8) is 0 Å². The van der Waals surface area contributed by atoms with Gasteiger partial charge in [-0.25, -0.2) is 4.39 Å². The lowest BCUT2D eigenvalue weighted by Gasteiger charge is -2.08. The standard InChI is InChI=1S/C19H20FN3O3/c1-2-17(24)21-10-11-22-18(25)13-6-8-16(9-7-13)23-19(26)14-4-3-5-15(20)12-14/h3-9,12H,2,10-11H2,1H3,(H,21,24)(H,22,25)(H,23,26). The van der Waals surface area contributed by atoms with Gasteiger partial charge in [-0.05, 0) is 42.5 Å². The van der Waals surface area contributed by atoms with Crippen molar-refractivity contribution in [3.8, 4) is 0 Å². The van der Waals surface area contributed by atoms with E-state index in [2.05, 4.69) is 16.0 Å². The van der Waals surface area contributed by atoms with Crippen LogP contribution in [0.15, 0.2) is 48.5 Å². The predicted molar refractivity (Wildman–Crippen MR) is 96.4 cm³/mol. The summed E-state index contributed by atoms with van der Waals surface area (Å²) in [6, 6.07) is 11.7. The average Bonchev–Trinajstić information content (AvgIpc) is 2.65. The molecule has 0 heterocycles. The van der Waals surface area contributed by atoms with Gasteiger partial charge in [0, 0.05) is 36.3 Å². The number of rotatable bonds is 7. The van der Waals surface area contributed by atoms with Crippen LogP contribution >= 0.6 is 0 Å². The van der Waals surface area contributed by atoms with E-state index in [0.29, 0.717) is 30.8 Å². The number of carbonyl (C=O) groups is 3. The zero-order valence-corrected chi connectivity index (χ0v) is 14.3. The van der Waals surface area contributed by atoms with E-state index in [4.69, 9.17) is 0 Å². The highest BCUT2D eigenvalue weighted by Crippen LogP contribution is 2.12. The highest BCUT2D eigenvalue weighted by atomic mass is 19.1. The molecule has 0 spiro atoms. The van der Waals surface area contributed by atoms with Crippen molar-refractivity contribution in [1.82, 2.24) is 10.6 Å². The number of carbonyl (C=O) groups excluding carboxylic acids is 3. The summed E-state index contributed by atoms with van der Waals surface area (Å²) < 4.78 is 13.2. The normalized spacial score (nSPS) is 10.1. The third-order valence-corrected chi connectivity index (χ3v) is 3.55. The summed E-state index contributed by atoms with van der Waals surface area (Å²) in [5.74, 6) is -1.27. The molecule has 2 rings (SSSR count). The molecule has 0 aliphatic heterocycles. The summed E-state index contributed by atoms with van der Waals surface area (Å²) in [4.78, 5) is 35.1. The van der Waals surface area contributed by atoms with Crippen molar-refractivity contribution in [2.45, 2.75) is 13.3 Å². The minimum atomic E-state index is -0.486. The van der Waals surface area contributed by atoms with Crippen LogP contribution in [0.3, 0.4) is 0 Å². The van der Waals surface area contributed by atoms with Crippen LogP contribution in [0.4, 0.5) is 10.1 Å². The van der Waals surface area contributed by atoms with Crippen LogP contribution < -0.4 is 16.0 Å². The molecule has 0 aliphatic rings. The molecule has 0 aromatic heterocycles. The number of anilines is 1. The second kappa shape index (κ2) is 9.31. The van der Waals surface area contributed by atoms with Gasteiger partial charge in [0.15, 0.2) is 0 Å². The van der Waals surface area contributed by atoms with Crippen molar-refractivity contribution in [2.75, 3.05) is 18.4 Å². The minimum absolute atomic E-state index is 0.0716. The van der Waals surface area contributed by atoms with Crippen molar-refractivity contribution in [2.24, 2.45) is 0 Å². The first-order valence-electron chi connectivity index (χ1n) is 8.21. The summed E-state index contributed by atoms with van der Waals surface area (Å²) >= 11 is 0. The first kappa shape index (κ1) is 19.1. The van der Waals surface area contributed by atoms with E-state index in [9.17, 15) is 18.8 Å². The Morgan fingerprint density at radius 3 is 2.23 bits per heavy atom. The minimum Gasteiger partial charge on any atom is -0.354 e. The molecule has 0 aliphatic carbocycles. The summed E-state index contributed by atoms with van der Waals surface area (Å²) in [6.45, 7) is 2.44. The molecule has 3 N–H and O–H groups in total. The average molecular weight is 357 g/mol. The number of benzene rings is 2. The van der Waals surface area contributed by atoms with Gasteiger partial charge in [0.2, 0.25) is 5.91 Å². The highest BCUT2D eigenvalue weighted by molar-refractivity contribution is 6.04. The SMILES string of the molecule is CCC(=O)NCCNC(=O)c1ccc(NC(=O)c2cccc(F)c2)cc1. The lowest BCUT2D eigenvalue weighted by Crippen LogP contribution is -2.34. The van der Waals surface area contributed by atoms with Crippen LogP contribution in [0.25, 0.3) is 0 Å². The Morgan fingerprint density at radius 2 is 1.58 bits per heavy atom. The number of halogens is 1. The predicted octanol–water partition coefficient (Wildman–Crippen LogP) is 2.33. The van der Waals surface area contributed by atoms with E-state index in [-0.39, 0.29) is 17.4 Å². The lowest BCUT2D eigenvalue weighted by atomic mass is 10.1. The van der Waals surface area contributed by atoms with Gasteiger partial charge in [0.25, 0.3) is 11.8 Å². The first-order valence-corrected chi connectivity index (χ1v) is 8.21. The number of nitrogens with one attached hydrogen (secondary N) is 3. The van der Waals surface area contributed by atoms with Gasteiger partial charge in [0.1, 0.15) is 5.82 Å². The maximum atomic E-state index is 13.2. The van der Waals surface area contributed by atoms with Gasteiger partial charge in [-0.2, -0.15) is 0 Å². The maximum absolute atomic E-state index is 13.2. The van der Waals surface area contributed by atoms with Gasteiger partial charge >= 0.3 is 0 Å². The van der Waals surface area contributed by atoms with Crippen molar-refractivity contribution in [1.29, 1.82) is 0 Å². The molecule has 0 radical (unpaired) electrons. The van der Waals surface area contributed by atoms with Gasteiger partial charge in [-0.3, -0.25) is 14.4 Å². The van der Waals surface area contributed by atoms with E-state index in [1.165, 1.54) is 18.2 Å². The van der Waals surface area contributed by atoms with Crippen LogP contribution in [0, 0.1) is 5.82 Å². The number of hydrogen-bond acceptors (Lipinski definition) is 3. The zero-order chi connectivity index (χ0) is 18.9. The second-order valence-electron chi connectivity index (χ2n) is 5.50. The lowest BCUT2D eigenvalue weighted by molar-refractivity contribution is -0.120. The Bertz CT molecular complexity index is 791. The summed E-state index contributed by atoms with van der Waals surface area (Å²) in [5.41, 5.74) is 1.13. The fourth-order valence-electron chi connectivity index (χ4n) is 2.14. The Labute approximate surface area is 150 Å². The maximum Gasteiger partial charge on any atom is 0.255 e. The first-order chi connectivity index (χ1) is 12.5. The van der Waals surface area contributed by atoms with Gasteiger partial charge in [-0.1, -0.05) is 13.0 Å². The van der Waals surface area contributed by atoms with E-state index in [0.717, 1.165) is 6.07 Å². The van der Waals surface area contributed by atoms with Gasteiger partial charge in [0.05, 0.1) is 0 Å². The quantitative estimate of drug-likeness (QED) is 0.665. The molecule has 0 fully saturated rings. The molecule has 0 unspecified atom stereocenters. The molecule has 0 atom stereocenters. The van der Waals surface area contributed by atoms with Crippen LogP contribution in [0.2, 0.25) is 0 Å². The van der Waals surface area contributed by atoms with Crippen molar-refractivity contribution in [3.05, 3.63) is 65.5 Å². The molecule has 7 heteroatoms. The van der Waals surface area contributed by atoms with Crippen LogP contribution in [-0.4, -0.2) is 30.8 Å². The van der Waals surface area contributed by atoms with Gasteiger partial charge in [-0.15, -0.1) is 0 Å². The number of hydrogen-bond donors (Lipinski definition) is 3. The molecule has 136 valence electrons.